The van der Waals surface area contributed by atoms with Gasteiger partial charge in [-0.1, -0.05) is 24.3 Å². The van der Waals surface area contributed by atoms with Gasteiger partial charge < -0.3 is 9.64 Å². The van der Waals surface area contributed by atoms with Crippen molar-refractivity contribution in [3.8, 4) is 16.9 Å². The second-order valence-electron chi connectivity index (χ2n) is 8.08. The molecule has 1 fully saturated rings. The van der Waals surface area contributed by atoms with Crippen molar-refractivity contribution in [2.75, 3.05) is 24.5 Å². The summed E-state index contributed by atoms with van der Waals surface area (Å²) >= 11 is 0. The van der Waals surface area contributed by atoms with Crippen molar-refractivity contribution in [3.05, 3.63) is 78.9 Å². The first kappa shape index (κ1) is 21.8. The lowest BCUT2D eigenvalue weighted by atomic mass is 10.1. The summed E-state index contributed by atoms with van der Waals surface area (Å²) in [5.41, 5.74) is 2.91. The molecule has 3 aromatic rings. The Morgan fingerprint density at radius 3 is 2.28 bits per heavy atom. The minimum atomic E-state index is -0.234. The van der Waals surface area contributed by atoms with Crippen LogP contribution in [-0.2, 0) is 0 Å². The number of nitrogens with zero attached hydrogens (tertiary/aromatic N) is 3. The van der Waals surface area contributed by atoms with Crippen molar-refractivity contribution in [2.24, 2.45) is 0 Å². The molecule has 1 aliphatic heterocycles. The average molecular weight is 434 g/mol. The molecule has 2 heterocycles. The first-order chi connectivity index (χ1) is 15.6. The zero-order chi connectivity index (χ0) is 22.3. The molecular formula is C26H28FN3O2. The Hall–Kier alpha value is -3.41. The van der Waals surface area contributed by atoms with Crippen LogP contribution in [0.5, 0.6) is 5.75 Å². The number of amides is 2. The second-order valence-corrected chi connectivity index (χ2v) is 8.08. The molecule has 0 bridgehead atoms. The number of halogens is 1. The maximum Gasteiger partial charge on any atom is 0.324 e. The Labute approximate surface area is 188 Å². The number of ether oxygens (including phenoxy) is 1. The standard InChI is InChI=1S/C26H28FN3O2/c1-20(32-25-11-7-22(8-12-25)21-5-9-23(27)10-6-21)4-2-3-17-29-18-19-30(26(29)31)24-13-15-28-16-14-24/h5-16,20H,2-4,17-19H2,1H3. The molecule has 1 aliphatic rings. The summed E-state index contributed by atoms with van der Waals surface area (Å²) in [5, 5.41) is 0. The molecule has 2 aromatic carbocycles. The summed E-state index contributed by atoms with van der Waals surface area (Å²) in [7, 11) is 0. The highest BCUT2D eigenvalue weighted by molar-refractivity contribution is 5.93. The van der Waals surface area contributed by atoms with Crippen molar-refractivity contribution < 1.29 is 13.9 Å². The Morgan fingerprint density at radius 2 is 1.59 bits per heavy atom. The highest BCUT2D eigenvalue weighted by Crippen LogP contribution is 2.24. The van der Waals surface area contributed by atoms with E-state index in [-0.39, 0.29) is 18.0 Å². The topological polar surface area (TPSA) is 45.7 Å². The first-order valence-corrected chi connectivity index (χ1v) is 11.1. The molecule has 0 aliphatic carbocycles. The summed E-state index contributed by atoms with van der Waals surface area (Å²) in [6.45, 7) is 4.31. The van der Waals surface area contributed by atoms with Gasteiger partial charge >= 0.3 is 6.03 Å². The van der Waals surface area contributed by atoms with Crippen molar-refractivity contribution >= 4 is 11.7 Å². The van der Waals surface area contributed by atoms with E-state index in [9.17, 15) is 9.18 Å². The molecule has 5 nitrogen and oxygen atoms in total. The van der Waals surface area contributed by atoms with Crippen LogP contribution in [0.25, 0.3) is 11.1 Å². The predicted molar refractivity (Wildman–Crippen MR) is 124 cm³/mol. The van der Waals surface area contributed by atoms with E-state index < -0.39 is 0 Å². The van der Waals surface area contributed by atoms with Gasteiger partial charge in [0.2, 0.25) is 0 Å². The third kappa shape index (κ3) is 5.44. The normalized spacial score (nSPS) is 14.6. The predicted octanol–water partition coefficient (Wildman–Crippen LogP) is 5.77. The molecule has 32 heavy (non-hydrogen) atoms. The summed E-state index contributed by atoms with van der Waals surface area (Å²) < 4.78 is 19.1. The van der Waals surface area contributed by atoms with Gasteiger partial charge in [-0.25, -0.2) is 9.18 Å². The largest absolute Gasteiger partial charge is 0.491 e. The molecule has 1 atom stereocenters. The Bertz CT molecular complexity index is 1010. The zero-order valence-electron chi connectivity index (χ0n) is 18.3. The summed E-state index contributed by atoms with van der Waals surface area (Å²) in [6.07, 6.45) is 6.39. The molecule has 0 radical (unpaired) electrons. The highest BCUT2D eigenvalue weighted by atomic mass is 19.1. The van der Waals surface area contributed by atoms with Gasteiger partial charge in [0.05, 0.1) is 6.10 Å². The number of carbonyl (C=O) groups excluding carboxylic acids is 1. The maximum absolute atomic E-state index is 13.1. The van der Waals surface area contributed by atoms with Crippen LogP contribution in [0.1, 0.15) is 26.2 Å². The summed E-state index contributed by atoms with van der Waals surface area (Å²) in [5.74, 6) is 0.591. The Kier molecular flexibility index (Phi) is 7.00. The summed E-state index contributed by atoms with van der Waals surface area (Å²) in [6, 6.07) is 18.2. The number of hydrogen-bond donors (Lipinski definition) is 0. The van der Waals surface area contributed by atoms with E-state index in [2.05, 4.69) is 11.9 Å². The van der Waals surface area contributed by atoms with Crippen molar-refractivity contribution in [1.82, 2.24) is 9.88 Å². The van der Waals surface area contributed by atoms with E-state index in [0.717, 1.165) is 61.5 Å². The number of carbonyl (C=O) groups is 1. The fourth-order valence-corrected chi connectivity index (χ4v) is 3.95. The van der Waals surface area contributed by atoms with Crippen LogP contribution in [0.2, 0.25) is 0 Å². The lowest BCUT2D eigenvalue weighted by molar-refractivity contribution is 0.201. The van der Waals surface area contributed by atoms with Gasteiger partial charge in [-0.05, 0) is 73.7 Å². The zero-order valence-corrected chi connectivity index (χ0v) is 18.3. The van der Waals surface area contributed by atoms with E-state index in [4.69, 9.17) is 4.74 Å². The van der Waals surface area contributed by atoms with Gasteiger partial charge in [0.15, 0.2) is 0 Å². The summed E-state index contributed by atoms with van der Waals surface area (Å²) in [4.78, 5) is 20.3. The van der Waals surface area contributed by atoms with Crippen LogP contribution in [0.4, 0.5) is 14.9 Å². The number of anilines is 1. The van der Waals surface area contributed by atoms with Gasteiger partial charge in [0.1, 0.15) is 11.6 Å². The highest BCUT2D eigenvalue weighted by Gasteiger charge is 2.28. The van der Waals surface area contributed by atoms with Crippen LogP contribution in [-0.4, -0.2) is 41.7 Å². The minimum absolute atomic E-state index is 0.0711. The monoisotopic (exact) mass is 433 g/mol. The minimum Gasteiger partial charge on any atom is -0.491 e. The van der Waals surface area contributed by atoms with Gasteiger partial charge in [-0.3, -0.25) is 9.88 Å². The van der Waals surface area contributed by atoms with Gasteiger partial charge in [-0.15, -0.1) is 0 Å². The maximum atomic E-state index is 13.1. The molecular weight excluding hydrogens is 405 g/mol. The van der Waals surface area contributed by atoms with Crippen LogP contribution in [0, 0.1) is 5.82 Å². The number of pyridine rings is 1. The molecule has 1 unspecified atom stereocenters. The Morgan fingerprint density at radius 1 is 0.938 bits per heavy atom. The first-order valence-electron chi connectivity index (χ1n) is 11.1. The fraction of sp³-hybridized carbons (Fsp3) is 0.308. The third-order valence-corrected chi connectivity index (χ3v) is 5.73. The van der Waals surface area contributed by atoms with Crippen LogP contribution in [0.3, 0.4) is 0 Å². The number of urea groups is 1. The molecule has 6 heteroatoms. The number of benzene rings is 2. The van der Waals surface area contributed by atoms with E-state index in [1.807, 2.05) is 46.2 Å². The average Bonchev–Trinajstić information content (AvgIpc) is 3.18. The molecule has 4 rings (SSSR count). The third-order valence-electron chi connectivity index (χ3n) is 5.73. The quantitative estimate of drug-likeness (QED) is 0.403. The number of rotatable bonds is 9. The molecule has 166 valence electrons. The van der Waals surface area contributed by atoms with E-state index in [1.54, 1.807) is 24.5 Å². The molecule has 1 saturated heterocycles. The Balaban J connectivity index is 1.18. The molecule has 0 spiro atoms. The van der Waals surface area contributed by atoms with Gasteiger partial charge in [-0.2, -0.15) is 0 Å². The smallest absolute Gasteiger partial charge is 0.324 e. The number of aromatic nitrogens is 1. The molecule has 0 N–H and O–H groups in total. The van der Waals surface area contributed by atoms with Crippen molar-refractivity contribution in [2.45, 2.75) is 32.3 Å². The number of unbranched alkanes of at least 4 members (excludes halogenated alkanes) is 1. The van der Waals surface area contributed by atoms with E-state index in [1.165, 1.54) is 12.1 Å². The SMILES string of the molecule is CC(CCCCN1CCN(c2ccncc2)C1=O)Oc1ccc(-c2ccc(F)cc2)cc1. The van der Waals surface area contributed by atoms with Crippen molar-refractivity contribution in [3.63, 3.8) is 0 Å². The lowest BCUT2D eigenvalue weighted by Gasteiger charge is -2.19. The lowest BCUT2D eigenvalue weighted by Crippen LogP contribution is -2.32. The van der Waals surface area contributed by atoms with Gasteiger partial charge in [0, 0.05) is 37.7 Å². The van der Waals surface area contributed by atoms with E-state index in [0.29, 0.717) is 0 Å². The van der Waals surface area contributed by atoms with Crippen LogP contribution >= 0.6 is 0 Å². The molecule has 2 amide bonds. The fourth-order valence-electron chi connectivity index (χ4n) is 3.95. The van der Waals surface area contributed by atoms with E-state index >= 15 is 0 Å². The van der Waals surface area contributed by atoms with Gasteiger partial charge in [0.25, 0.3) is 0 Å². The van der Waals surface area contributed by atoms with Crippen LogP contribution in [0.15, 0.2) is 73.1 Å². The molecule has 1 aromatic heterocycles. The molecule has 0 saturated carbocycles. The van der Waals surface area contributed by atoms with Crippen LogP contribution < -0.4 is 9.64 Å². The van der Waals surface area contributed by atoms with Crippen molar-refractivity contribution in [1.29, 1.82) is 0 Å². The number of hydrogen-bond acceptors (Lipinski definition) is 3. The second kappa shape index (κ2) is 10.3.